The summed E-state index contributed by atoms with van der Waals surface area (Å²) in [6, 6.07) is 8.17. The van der Waals surface area contributed by atoms with Crippen molar-refractivity contribution in [2.45, 2.75) is 32.3 Å². The average Bonchev–Trinajstić information content (AvgIpc) is 2.39. The first-order valence-electron chi connectivity index (χ1n) is 6.31. The fourth-order valence-electron chi connectivity index (χ4n) is 1.76. The topological polar surface area (TPSA) is 98.5 Å². The number of rotatable bonds is 5. The summed E-state index contributed by atoms with van der Waals surface area (Å²) in [5, 5.41) is 1.87. The highest BCUT2D eigenvalue weighted by molar-refractivity contribution is 5.96. The number of carbonyl (C=O) groups is 3. The maximum Gasteiger partial charge on any atom is 0.318 e. The number of benzene rings is 1. The van der Waals surface area contributed by atoms with Crippen molar-refractivity contribution in [1.29, 1.82) is 0 Å². The van der Waals surface area contributed by atoms with E-state index in [0.717, 1.165) is 5.56 Å². The van der Waals surface area contributed by atoms with Crippen molar-refractivity contribution in [2.24, 2.45) is 5.73 Å². The molecule has 0 saturated carbocycles. The molecule has 0 radical (unpaired) electrons. The van der Waals surface area contributed by atoms with Gasteiger partial charge >= 0.3 is 12.0 Å². The summed E-state index contributed by atoms with van der Waals surface area (Å²) in [6.07, 6.45) is -0.528. The Kier molecular flexibility index (Phi) is 5.71. The normalized spacial score (nSPS) is 13.1. The smallest absolute Gasteiger partial charge is 0.318 e. The van der Waals surface area contributed by atoms with Gasteiger partial charge in [0.15, 0.2) is 6.10 Å². The van der Waals surface area contributed by atoms with Crippen LogP contribution in [0.5, 0.6) is 0 Å². The summed E-state index contributed by atoms with van der Waals surface area (Å²) >= 11 is 0. The van der Waals surface area contributed by atoms with E-state index in [0.29, 0.717) is 6.42 Å². The monoisotopic (exact) mass is 278 g/mol. The van der Waals surface area contributed by atoms with Crippen LogP contribution in [0.3, 0.4) is 0 Å². The summed E-state index contributed by atoms with van der Waals surface area (Å²) in [7, 11) is 0. The van der Waals surface area contributed by atoms with Gasteiger partial charge in [0.25, 0.3) is 5.91 Å². The molecule has 3 N–H and O–H groups in total. The molecule has 0 aliphatic rings. The molecule has 1 aromatic carbocycles. The first-order valence-corrected chi connectivity index (χ1v) is 6.31. The average molecular weight is 278 g/mol. The SMILES string of the molecule is CC[C@@H](C(=O)O[C@H](C)C(=O)NC(N)=O)c1ccccc1. The zero-order chi connectivity index (χ0) is 15.1. The molecule has 0 spiro atoms. The molecule has 1 aromatic rings. The van der Waals surface area contributed by atoms with E-state index < -0.39 is 29.9 Å². The number of primary amides is 1. The zero-order valence-electron chi connectivity index (χ0n) is 11.5. The maximum atomic E-state index is 12.1. The highest BCUT2D eigenvalue weighted by atomic mass is 16.5. The zero-order valence-corrected chi connectivity index (χ0v) is 11.5. The first-order chi connectivity index (χ1) is 9.45. The fourth-order valence-corrected chi connectivity index (χ4v) is 1.76. The molecule has 0 unspecified atom stereocenters. The molecule has 3 amide bonds. The second kappa shape index (κ2) is 7.28. The van der Waals surface area contributed by atoms with E-state index in [4.69, 9.17) is 10.5 Å². The number of nitrogens with one attached hydrogen (secondary N) is 1. The van der Waals surface area contributed by atoms with Gasteiger partial charge in [0, 0.05) is 0 Å². The molecule has 1 rings (SSSR count). The van der Waals surface area contributed by atoms with Gasteiger partial charge in [-0.2, -0.15) is 0 Å². The lowest BCUT2D eigenvalue weighted by atomic mass is 9.97. The van der Waals surface area contributed by atoms with Gasteiger partial charge in [-0.05, 0) is 18.9 Å². The molecule has 0 aromatic heterocycles. The predicted molar refractivity (Wildman–Crippen MR) is 72.8 cm³/mol. The van der Waals surface area contributed by atoms with Gasteiger partial charge in [-0.15, -0.1) is 0 Å². The van der Waals surface area contributed by atoms with Crippen LogP contribution in [-0.2, 0) is 14.3 Å². The second-order valence-corrected chi connectivity index (χ2v) is 4.30. The molecule has 2 atom stereocenters. The third kappa shape index (κ3) is 4.38. The van der Waals surface area contributed by atoms with E-state index in [1.165, 1.54) is 6.92 Å². The van der Waals surface area contributed by atoms with Crippen LogP contribution in [0, 0.1) is 0 Å². The molecule has 0 saturated heterocycles. The molecule has 108 valence electrons. The Bertz CT molecular complexity index is 487. The van der Waals surface area contributed by atoms with Gasteiger partial charge in [-0.1, -0.05) is 37.3 Å². The number of carbonyl (C=O) groups excluding carboxylic acids is 3. The standard InChI is InChI=1S/C14H18N2O4/c1-3-11(10-7-5-4-6-8-10)13(18)20-9(2)12(17)16-14(15)19/h4-9,11H,3H2,1-2H3,(H3,15,16,17,19)/t9-,11-/m1/s1. The fraction of sp³-hybridized carbons (Fsp3) is 0.357. The Balaban J connectivity index is 2.69. The molecule has 0 bridgehead atoms. The van der Waals surface area contributed by atoms with Gasteiger partial charge < -0.3 is 10.5 Å². The highest BCUT2D eigenvalue weighted by Gasteiger charge is 2.25. The maximum absolute atomic E-state index is 12.1. The van der Waals surface area contributed by atoms with Crippen LogP contribution >= 0.6 is 0 Å². The Morgan fingerprint density at radius 2 is 1.85 bits per heavy atom. The molecule has 0 heterocycles. The molecular formula is C14H18N2O4. The van der Waals surface area contributed by atoms with E-state index >= 15 is 0 Å². The third-order valence-electron chi connectivity index (χ3n) is 2.80. The lowest BCUT2D eigenvalue weighted by Gasteiger charge is -2.18. The molecule has 6 nitrogen and oxygen atoms in total. The van der Waals surface area contributed by atoms with Gasteiger partial charge in [-0.25, -0.2) is 4.79 Å². The van der Waals surface area contributed by atoms with Gasteiger partial charge in [0.05, 0.1) is 5.92 Å². The molecule has 0 aliphatic heterocycles. The number of imide groups is 1. The van der Waals surface area contributed by atoms with Crippen LogP contribution in [0.2, 0.25) is 0 Å². The summed E-state index contributed by atoms with van der Waals surface area (Å²) in [5.74, 6) is -1.69. The van der Waals surface area contributed by atoms with Crippen molar-refractivity contribution >= 4 is 17.9 Å². The van der Waals surface area contributed by atoms with Gasteiger partial charge in [0.2, 0.25) is 0 Å². The van der Waals surface area contributed by atoms with Crippen molar-refractivity contribution in [1.82, 2.24) is 5.32 Å². The van der Waals surface area contributed by atoms with E-state index in [1.54, 1.807) is 0 Å². The number of urea groups is 1. The molecule has 0 aliphatic carbocycles. The Labute approximate surface area is 117 Å². The number of esters is 1. The van der Waals surface area contributed by atoms with Crippen molar-refractivity contribution in [3.8, 4) is 0 Å². The Morgan fingerprint density at radius 3 is 2.35 bits per heavy atom. The van der Waals surface area contributed by atoms with Crippen molar-refractivity contribution in [3.05, 3.63) is 35.9 Å². The minimum Gasteiger partial charge on any atom is -0.452 e. The number of nitrogens with two attached hydrogens (primary N) is 1. The van der Waals surface area contributed by atoms with E-state index in [-0.39, 0.29) is 0 Å². The molecule has 0 fully saturated rings. The predicted octanol–water partition coefficient (Wildman–Crippen LogP) is 1.31. The largest absolute Gasteiger partial charge is 0.452 e. The van der Waals surface area contributed by atoms with Crippen LogP contribution in [-0.4, -0.2) is 24.0 Å². The first kappa shape index (κ1) is 15.7. The van der Waals surface area contributed by atoms with Crippen molar-refractivity contribution in [2.75, 3.05) is 0 Å². The second-order valence-electron chi connectivity index (χ2n) is 4.30. The minimum atomic E-state index is -1.08. The number of ether oxygens (including phenoxy) is 1. The quantitative estimate of drug-likeness (QED) is 0.793. The Morgan fingerprint density at radius 1 is 1.25 bits per heavy atom. The van der Waals surface area contributed by atoms with E-state index in [1.807, 2.05) is 42.6 Å². The minimum absolute atomic E-state index is 0.444. The third-order valence-corrected chi connectivity index (χ3v) is 2.80. The number of amides is 3. The summed E-state index contributed by atoms with van der Waals surface area (Å²) in [5.41, 5.74) is 5.65. The summed E-state index contributed by atoms with van der Waals surface area (Å²) in [4.78, 5) is 34.1. The van der Waals surface area contributed by atoms with Gasteiger partial charge in [0.1, 0.15) is 0 Å². The lowest BCUT2D eigenvalue weighted by molar-refractivity contribution is -0.156. The van der Waals surface area contributed by atoms with E-state index in [2.05, 4.69) is 0 Å². The van der Waals surface area contributed by atoms with Crippen LogP contribution < -0.4 is 11.1 Å². The number of hydrogen-bond acceptors (Lipinski definition) is 4. The van der Waals surface area contributed by atoms with Crippen LogP contribution in [0.1, 0.15) is 31.7 Å². The highest BCUT2D eigenvalue weighted by Crippen LogP contribution is 2.21. The van der Waals surface area contributed by atoms with Crippen LogP contribution in [0.4, 0.5) is 4.79 Å². The molecule has 6 heteroatoms. The number of hydrogen-bond donors (Lipinski definition) is 2. The molecule has 20 heavy (non-hydrogen) atoms. The molecular weight excluding hydrogens is 260 g/mol. The summed E-state index contributed by atoms with van der Waals surface area (Å²) < 4.78 is 5.06. The Hall–Kier alpha value is -2.37. The van der Waals surface area contributed by atoms with Crippen molar-refractivity contribution in [3.63, 3.8) is 0 Å². The van der Waals surface area contributed by atoms with Crippen LogP contribution in [0.15, 0.2) is 30.3 Å². The van der Waals surface area contributed by atoms with Gasteiger partial charge in [-0.3, -0.25) is 14.9 Å². The van der Waals surface area contributed by atoms with Crippen molar-refractivity contribution < 1.29 is 19.1 Å². The van der Waals surface area contributed by atoms with E-state index in [9.17, 15) is 14.4 Å². The van der Waals surface area contributed by atoms with Crippen LogP contribution in [0.25, 0.3) is 0 Å². The summed E-state index contributed by atoms with van der Waals surface area (Å²) in [6.45, 7) is 3.24. The lowest BCUT2D eigenvalue weighted by Crippen LogP contribution is -2.42.